The molecule has 1 aliphatic heterocycles. The van der Waals surface area contributed by atoms with Crippen molar-refractivity contribution >= 4 is 11.0 Å². The van der Waals surface area contributed by atoms with Crippen LogP contribution in [-0.2, 0) is 5.92 Å². The van der Waals surface area contributed by atoms with E-state index in [-0.39, 0.29) is 17.2 Å². The maximum Gasteiger partial charge on any atom is 0.299 e. The number of hydrogen-bond acceptors (Lipinski definition) is 3. The number of imidazole rings is 2. The first-order valence-electron chi connectivity index (χ1n) is 11.5. The van der Waals surface area contributed by atoms with Gasteiger partial charge >= 0.3 is 0 Å². The number of halogens is 2. The number of fused-ring (bicyclic) bond motifs is 4. The number of hydrogen-bond donors (Lipinski definition) is 3. The smallest absolute Gasteiger partial charge is 0.299 e. The molecule has 7 heteroatoms. The van der Waals surface area contributed by atoms with Gasteiger partial charge < -0.3 is 15.3 Å². The molecule has 2 aliphatic rings. The Kier molecular flexibility index (Phi) is 4.08. The van der Waals surface area contributed by atoms with E-state index in [1.165, 1.54) is 0 Å². The van der Waals surface area contributed by atoms with E-state index >= 15 is 8.78 Å². The highest BCUT2D eigenvalue weighted by Gasteiger charge is 2.44. The van der Waals surface area contributed by atoms with E-state index in [0.717, 1.165) is 53.1 Å². The monoisotopic (exact) mass is 453 g/mol. The van der Waals surface area contributed by atoms with Gasteiger partial charge in [0.05, 0.1) is 35.3 Å². The van der Waals surface area contributed by atoms with Gasteiger partial charge in [0.2, 0.25) is 0 Å². The van der Waals surface area contributed by atoms with Crippen LogP contribution in [0.25, 0.3) is 44.5 Å². The first kappa shape index (κ1) is 19.6. The highest BCUT2D eigenvalue weighted by atomic mass is 19.3. The number of benzene rings is 3. The molecule has 0 amide bonds. The molecule has 2 aromatic heterocycles. The van der Waals surface area contributed by atoms with Crippen molar-refractivity contribution in [1.82, 2.24) is 25.3 Å². The third-order valence-electron chi connectivity index (χ3n) is 7.04. The standard InChI is InChI=1S/C27H21F2N5/c28-27(29)20-10-15(16-5-8-22-24(12-16)34-26(33-22)23-2-1-9-31-23)3-6-18(20)19-7-4-17(11-21(19)27)25-13-30-14-32-25/h3-8,10-14,23,31H,1-2,9H2,(H,30,32)(H,33,34)/t23-/m0/s1. The van der Waals surface area contributed by atoms with Crippen LogP contribution >= 0.6 is 0 Å². The number of H-pyrrole nitrogens is 2. The van der Waals surface area contributed by atoms with E-state index in [9.17, 15) is 0 Å². The van der Waals surface area contributed by atoms with Gasteiger partial charge in [0.25, 0.3) is 5.92 Å². The van der Waals surface area contributed by atoms with E-state index in [4.69, 9.17) is 4.98 Å². The molecule has 5 aromatic rings. The van der Waals surface area contributed by atoms with Crippen LogP contribution in [-0.4, -0.2) is 26.5 Å². The summed E-state index contributed by atoms with van der Waals surface area (Å²) in [5.74, 6) is -2.13. The SMILES string of the molecule is FC1(F)c2cc(-c3ccc4nc([C@@H]5CCCN5)[nH]c4c3)ccc2-c2ccc(-c3cnc[nH]3)cc21. The second-order valence-electron chi connectivity index (χ2n) is 9.06. The lowest BCUT2D eigenvalue weighted by Crippen LogP contribution is -2.13. The summed E-state index contributed by atoms with van der Waals surface area (Å²) in [4.78, 5) is 15.1. The van der Waals surface area contributed by atoms with Crippen LogP contribution in [0.3, 0.4) is 0 Å². The minimum Gasteiger partial charge on any atom is -0.345 e. The molecule has 3 N–H and O–H groups in total. The van der Waals surface area contributed by atoms with Crippen LogP contribution in [0.2, 0.25) is 0 Å². The average molecular weight is 453 g/mol. The van der Waals surface area contributed by atoms with Crippen LogP contribution in [0.4, 0.5) is 8.78 Å². The molecule has 0 unspecified atom stereocenters. The van der Waals surface area contributed by atoms with Gasteiger partial charge in [-0.2, -0.15) is 8.78 Å². The van der Waals surface area contributed by atoms with Gasteiger partial charge in [0, 0.05) is 16.7 Å². The quantitative estimate of drug-likeness (QED) is 0.306. The Morgan fingerprint density at radius 2 is 1.62 bits per heavy atom. The highest BCUT2D eigenvalue weighted by molar-refractivity contribution is 5.86. The van der Waals surface area contributed by atoms with Gasteiger partial charge in [-0.25, -0.2) is 9.97 Å². The molecule has 3 heterocycles. The zero-order valence-electron chi connectivity index (χ0n) is 18.2. The Labute approximate surface area is 194 Å². The van der Waals surface area contributed by atoms with Gasteiger partial charge in [0.1, 0.15) is 5.82 Å². The summed E-state index contributed by atoms with van der Waals surface area (Å²) in [7, 11) is 0. The van der Waals surface area contributed by atoms with Crippen molar-refractivity contribution in [2.45, 2.75) is 24.8 Å². The summed E-state index contributed by atoms with van der Waals surface area (Å²) in [5.41, 5.74) is 6.10. The van der Waals surface area contributed by atoms with Gasteiger partial charge in [-0.05, 0) is 65.9 Å². The molecule has 1 aliphatic carbocycles. The fraction of sp³-hybridized carbons (Fsp3) is 0.185. The van der Waals surface area contributed by atoms with Crippen molar-refractivity contribution < 1.29 is 8.78 Å². The number of aromatic amines is 2. The molecule has 5 nitrogen and oxygen atoms in total. The summed E-state index contributed by atoms with van der Waals surface area (Å²) in [6, 6.07) is 16.7. The maximum atomic E-state index is 15.6. The fourth-order valence-electron chi connectivity index (χ4n) is 5.28. The lowest BCUT2D eigenvalue weighted by atomic mass is 9.98. The molecule has 1 fully saturated rings. The summed E-state index contributed by atoms with van der Waals surface area (Å²) < 4.78 is 31.3. The van der Waals surface area contributed by atoms with Gasteiger partial charge in [0.15, 0.2) is 0 Å². The first-order chi connectivity index (χ1) is 16.6. The van der Waals surface area contributed by atoms with Crippen molar-refractivity contribution in [3.05, 3.63) is 84.1 Å². The zero-order chi connectivity index (χ0) is 22.9. The van der Waals surface area contributed by atoms with Gasteiger partial charge in [-0.15, -0.1) is 0 Å². The van der Waals surface area contributed by atoms with Crippen molar-refractivity contribution in [2.24, 2.45) is 0 Å². The molecule has 1 atom stereocenters. The van der Waals surface area contributed by atoms with Gasteiger partial charge in [-0.3, -0.25) is 0 Å². The minimum absolute atomic E-state index is 0.0319. The largest absolute Gasteiger partial charge is 0.345 e. The average Bonchev–Trinajstić information content (AvgIpc) is 3.65. The normalized spacial score (nSPS) is 18.4. The van der Waals surface area contributed by atoms with Crippen LogP contribution in [0.1, 0.15) is 35.8 Å². The Morgan fingerprint density at radius 3 is 2.35 bits per heavy atom. The summed E-state index contributed by atoms with van der Waals surface area (Å²) in [6.45, 7) is 1.00. The molecule has 0 saturated carbocycles. The van der Waals surface area contributed by atoms with Crippen LogP contribution in [0.5, 0.6) is 0 Å². The van der Waals surface area contributed by atoms with Crippen molar-refractivity contribution in [2.75, 3.05) is 6.54 Å². The molecule has 168 valence electrons. The lowest BCUT2D eigenvalue weighted by molar-refractivity contribution is 0.0481. The summed E-state index contributed by atoms with van der Waals surface area (Å²) in [6.07, 6.45) is 5.39. The molecule has 0 bridgehead atoms. The topological polar surface area (TPSA) is 69.4 Å². The van der Waals surface area contributed by atoms with Crippen LogP contribution in [0.15, 0.2) is 67.1 Å². The predicted molar refractivity (Wildman–Crippen MR) is 128 cm³/mol. The Bertz CT molecular complexity index is 1550. The first-order valence-corrected chi connectivity index (χ1v) is 11.5. The summed E-state index contributed by atoms with van der Waals surface area (Å²) in [5, 5.41) is 3.46. The van der Waals surface area contributed by atoms with Crippen molar-refractivity contribution in [1.29, 1.82) is 0 Å². The lowest BCUT2D eigenvalue weighted by Gasteiger charge is -2.14. The number of aromatic nitrogens is 4. The van der Waals surface area contributed by atoms with Crippen LogP contribution in [0, 0.1) is 0 Å². The number of rotatable bonds is 3. The highest BCUT2D eigenvalue weighted by Crippen LogP contribution is 2.52. The maximum absolute atomic E-state index is 15.6. The molecule has 34 heavy (non-hydrogen) atoms. The van der Waals surface area contributed by atoms with Crippen molar-refractivity contribution in [3.63, 3.8) is 0 Å². The van der Waals surface area contributed by atoms with E-state index < -0.39 is 5.92 Å². The predicted octanol–water partition coefficient (Wildman–Crippen LogP) is 6.17. The molecule has 3 aromatic carbocycles. The van der Waals surface area contributed by atoms with Gasteiger partial charge in [-0.1, -0.05) is 30.3 Å². The third-order valence-corrected chi connectivity index (χ3v) is 7.04. The third kappa shape index (κ3) is 2.86. The van der Waals surface area contributed by atoms with Crippen LogP contribution < -0.4 is 5.32 Å². The van der Waals surface area contributed by atoms with E-state index in [1.807, 2.05) is 36.4 Å². The summed E-state index contributed by atoms with van der Waals surface area (Å²) >= 11 is 0. The molecule has 0 spiro atoms. The Hall–Kier alpha value is -3.84. The second kappa shape index (κ2) is 7.08. The Morgan fingerprint density at radius 1 is 0.882 bits per heavy atom. The molecular weight excluding hydrogens is 432 g/mol. The minimum atomic E-state index is -3.07. The number of nitrogens with zero attached hydrogens (tertiary/aromatic N) is 2. The second-order valence-corrected chi connectivity index (χ2v) is 9.06. The molecule has 1 saturated heterocycles. The van der Waals surface area contributed by atoms with E-state index in [1.54, 1.807) is 30.7 Å². The van der Waals surface area contributed by atoms with E-state index in [2.05, 4.69) is 20.3 Å². The molecule has 0 radical (unpaired) electrons. The van der Waals surface area contributed by atoms with Crippen molar-refractivity contribution in [3.8, 4) is 33.5 Å². The number of nitrogens with one attached hydrogen (secondary N) is 3. The number of alkyl halides is 2. The van der Waals surface area contributed by atoms with E-state index in [0.29, 0.717) is 16.7 Å². The molecular formula is C27H21F2N5. The zero-order valence-corrected chi connectivity index (χ0v) is 18.2. The Balaban J connectivity index is 1.28. The molecule has 7 rings (SSSR count). The fourth-order valence-corrected chi connectivity index (χ4v) is 5.28.